The van der Waals surface area contributed by atoms with Crippen molar-refractivity contribution in [3.05, 3.63) is 33.9 Å². The normalized spacial score (nSPS) is 13.5. The molecule has 5 nitrogen and oxygen atoms in total. The molecule has 20 heavy (non-hydrogen) atoms. The number of halogens is 6. The molecule has 0 bridgehead atoms. The van der Waals surface area contributed by atoms with Crippen LogP contribution in [0.3, 0.4) is 0 Å². The van der Waals surface area contributed by atoms with Crippen molar-refractivity contribution in [2.75, 3.05) is 0 Å². The number of nitrogens with zero attached hydrogens (tertiary/aromatic N) is 1. The smallest absolute Gasteiger partial charge is 0.455 e. The summed E-state index contributed by atoms with van der Waals surface area (Å²) in [4.78, 5) is 9.39. The van der Waals surface area contributed by atoms with Gasteiger partial charge in [0, 0.05) is 6.07 Å². The van der Waals surface area contributed by atoms with Crippen molar-refractivity contribution in [3.63, 3.8) is 0 Å². The fourth-order valence-electron chi connectivity index (χ4n) is 1.33. The molecule has 0 fully saturated rings. The van der Waals surface area contributed by atoms with E-state index in [1.807, 2.05) is 0 Å². The van der Waals surface area contributed by atoms with Crippen LogP contribution < -0.4 is 5.73 Å². The number of nitro groups is 1. The lowest BCUT2D eigenvalue weighted by Gasteiger charge is -2.25. The lowest BCUT2D eigenvalue weighted by molar-refractivity contribution is -0.386. The van der Waals surface area contributed by atoms with E-state index < -0.39 is 40.1 Å². The number of nitro benzene ring substituents is 1. The lowest BCUT2D eigenvalue weighted by atomic mass is 9.99. The Morgan fingerprint density at radius 1 is 1.25 bits per heavy atom. The summed E-state index contributed by atoms with van der Waals surface area (Å²) in [7, 11) is 0. The Kier molecular flexibility index (Phi) is 5.27. The zero-order chi connectivity index (χ0) is 15.0. The van der Waals surface area contributed by atoms with Gasteiger partial charge in [-0.15, -0.1) is 12.4 Å². The minimum Gasteiger partial charge on any atom is -0.508 e. The van der Waals surface area contributed by atoms with Crippen LogP contribution in [0.5, 0.6) is 5.75 Å². The summed E-state index contributed by atoms with van der Waals surface area (Å²) in [6.07, 6.45) is -5.97. The van der Waals surface area contributed by atoms with Gasteiger partial charge in [0.25, 0.3) is 5.69 Å². The standard InChI is InChI=1S/C9H7F5N2O3.ClH/c10-8(11,9(12,13)14)7(15)5-3-4(17)1-2-6(5)16(18)19;/h1-3,7,17H,15H2;1H/t7-;/m0./s1. The fourth-order valence-corrected chi connectivity index (χ4v) is 1.33. The number of hydrogen-bond donors (Lipinski definition) is 2. The molecule has 1 aromatic carbocycles. The summed E-state index contributed by atoms with van der Waals surface area (Å²) in [6.45, 7) is 0. The van der Waals surface area contributed by atoms with E-state index in [0.29, 0.717) is 12.1 Å². The number of hydrogen-bond acceptors (Lipinski definition) is 4. The summed E-state index contributed by atoms with van der Waals surface area (Å²) in [5.41, 5.74) is 2.64. The SMILES string of the molecule is Cl.N[C@@H](c1cc(O)ccc1[N+](=O)[O-])C(F)(F)C(F)(F)F. The average molecular weight is 323 g/mol. The minimum absolute atomic E-state index is 0. The topological polar surface area (TPSA) is 89.4 Å². The molecule has 0 aliphatic rings. The Balaban J connectivity index is 0.00000361. The predicted octanol–water partition coefficient (Wildman–Crippen LogP) is 2.92. The zero-order valence-corrected chi connectivity index (χ0v) is 10.2. The molecule has 114 valence electrons. The van der Waals surface area contributed by atoms with Crippen LogP contribution in [0.25, 0.3) is 0 Å². The molecule has 0 aliphatic heterocycles. The third-order valence-corrected chi connectivity index (χ3v) is 2.31. The summed E-state index contributed by atoms with van der Waals surface area (Å²) in [5, 5.41) is 19.6. The van der Waals surface area contributed by atoms with Crippen LogP contribution in [0.1, 0.15) is 11.6 Å². The van der Waals surface area contributed by atoms with Gasteiger partial charge in [-0.1, -0.05) is 0 Å². The third-order valence-electron chi connectivity index (χ3n) is 2.31. The molecule has 3 N–H and O–H groups in total. The molecular weight excluding hydrogens is 315 g/mol. The molecule has 0 saturated heterocycles. The Morgan fingerprint density at radius 3 is 2.15 bits per heavy atom. The summed E-state index contributed by atoms with van der Waals surface area (Å²) >= 11 is 0. The highest BCUT2D eigenvalue weighted by molar-refractivity contribution is 5.85. The van der Waals surface area contributed by atoms with Crippen molar-refractivity contribution in [2.45, 2.75) is 18.1 Å². The molecule has 0 heterocycles. The number of nitrogens with two attached hydrogens (primary N) is 1. The molecule has 0 amide bonds. The van der Waals surface area contributed by atoms with Crippen LogP contribution in [0.2, 0.25) is 0 Å². The van der Waals surface area contributed by atoms with E-state index in [4.69, 9.17) is 10.8 Å². The number of phenolic OH excluding ortho intramolecular Hbond substituents is 1. The largest absolute Gasteiger partial charge is 0.508 e. The Labute approximate surface area is 114 Å². The second-order valence-corrected chi connectivity index (χ2v) is 3.60. The lowest BCUT2D eigenvalue weighted by Crippen LogP contribution is -2.46. The highest BCUT2D eigenvalue weighted by Crippen LogP contribution is 2.45. The first-order valence-corrected chi connectivity index (χ1v) is 4.66. The average Bonchev–Trinajstić information content (AvgIpc) is 2.25. The maximum atomic E-state index is 13.0. The number of phenols is 1. The second kappa shape index (κ2) is 5.75. The van der Waals surface area contributed by atoms with Gasteiger partial charge in [-0.3, -0.25) is 10.1 Å². The second-order valence-electron chi connectivity index (χ2n) is 3.60. The van der Waals surface area contributed by atoms with Crippen molar-refractivity contribution < 1.29 is 32.0 Å². The van der Waals surface area contributed by atoms with E-state index in [9.17, 15) is 32.1 Å². The van der Waals surface area contributed by atoms with E-state index in [1.165, 1.54) is 0 Å². The first-order valence-electron chi connectivity index (χ1n) is 4.66. The number of aromatic hydroxyl groups is 1. The van der Waals surface area contributed by atoms with Crippen LogP contribution in [0.4, 0.5) is 27.6 Å². The van der Waals surface area contributed by atoms with Crippen LogP contribution >= 0.6 is 12.4 Å². The Hall–Kier alpha value is -1.68. The highest BCUT2D eigenvalue weighted by Gasteiger charge is 2.62. The van der Waals surface area contributed by atoms with Crippen LogP contribution in [0, 0.1) is 10.1 Å². The van der Waals surface area contributed by atoms with Crippen LogP contribution in [0.15, 0.2) is 18.2 Å². The van der Waals surface area contributed by atoms with E-state index in [-0.39, 0.29) is 12.4 Å². The van der Waals surface area contributed by atoms with Gasteiger partial charge in [0.1, 0.15) is 11.8 Å². The first-order chi connectivity index (χ1) is 8.48. The van der Waals surface area contributed by atoms with Gasteiger partial charge in [-0.2, -0.15) is 22.0 Å². The summed E-state index contributed by atoms with van der Waals surface area (Å²) < 4.78 is 62.5. The van der Waals surface area contributed by atoms with Gasteiger partial charge < -0.3 is 10.8 Å². The van der Waals surface area contributed by atoms with Gasteiger partial charge in [-0.05, 0) is 12.1 Å². The molecule has 0 spiro atoms. The minimum atomic E-state index is -5.97. The van der Waals surface area contributed by atoms with Crippen LogP contribution in [-0.4, -0.2) is 22.1 Å². The maximum absolute atomic E-state index is 13.0. The molecule has 1 aromatic rings. The molecule has 0 saturated carbocycles. The van der Waals surface area contributed by atoms with Gasteiger partial charge in [-0.25, -0.2) is 0 Å². The fraction of sp³-hybridized carbons (Fsp3) is 0.333. The summed E-state index contributed by atoms with van der Waals surface area (Å²) in [5.74, 6) is -6.08. The van der Waals surface area contributed by atoms with Gasteiger partial charge in [0.15, 0.2) is 0 Å². The van der Waals surface area contributed by atoms with Crippen molar-refractivity contribution in [1.82, 2.24) is 0 Å². The van der Waals surface area contributed by atoms with E-state index >= 15 is 0 Å². The highest BCUT2D eigenvalue weighted by atomic mass is 35.5. The zero-order valence-electron chi connectivity index (χ0n) is 9.40. The third kappa shape index (κ3) is 3.25. The summed E-state index contributed by atoms with van der Waals surface area (Å²) in [6, 6.07) is -1.22. The van der Waals surface area contributed by atoms with Gasteiger partial charge >= 0.3 is 12.1 Å². The maximum Gasteiger partial charge on any atom is 0.455 e. The van der Waals surface area contributed by atoms with Crippen molar-refractivity contribution in [3.8, 4) is 5.75 Å². The van der Waals surface area contributed by atoms with Gasteiger partial charge in [0.05, 0.1) is 10.5 Å². The van der Waals surface area contributed by atoms with Crippen molar-refractivity contribution in [1.29, 1.82) is 0 Å². The quantitative estimate of drug-likeness (QED) is 0.508. The van der Waals surface area contributed by atoms with Crippen molar-refractivity contribution in [2.24, 2.45) is 5.73 Å². The molecule has 1 rings (SSSR count). The number of benzene rings is 1. The Bertz CT molecular complexity index is 509. The molecule has 0 radical (unpaired) electrons. The Morgan fingerprint density at radius 2 is 1.75 bits per heavy atom. The predicted molar refractivity (Wildman–Crippen MR) is 59.9 cm³/mol. The molecule has 0 unspecified atom stereocenters. The van der Waals surface area contributed by atoms with E-state index in [2.05, 4.69) is 0 Å². The first kappa shape index (κ1) is 18.3. The molecular formula is C9H8ClF5N2O3. The van der Waals surface area contributed by atoms with Crippen LogP contribution in [-0.2, 0) is 0 Å². The monoisotopic (exact) mass is 322 g/mol. The molecule has 0 aliphatic carbocycles. The molecule has 1 atom stereocenters. The molecule has 11 heteroatoms. The molecule has 0 aromatic heterocycles. The number of alkyl halides is 5. The van der Waals surface area contributed by atoms with Gasteiger partial charge in [0.2, 0.25) is 0 Å². The number of rotatable bonds is 3. The van der Waals surface area contributed by atoms with Crippen molar-refractivity contribution >= 4 is 18.1 Å². The van der Waals surface area contributed by atoms with E-state index in [0.717, 1.165) is 6.07 Å². The van der Waals surface area contributed by atoms with E-state index in [1.54, 1.807) is 0 Å².